The van der Waals surface area contributed by atoms with Crippen LogP contribution >= 0.6 is 0 Å². The van der Waals surface area contributed by atoms with Gasteiger partial charge in [-0.1, -0.05) is 42.5 Å². The van der Waals surface area contributed by atoms with Gasteiger partial charge in [0.2, 0.25) is 0 Å². The number of aliphatic imine (C=N–C) groups is 1. The summed E-state index contributed by atoms with van der Waals surface area (Å²) in [7, 11) is 3.73. The number of hydrogen-bond acceptors (Lipinski definition) is 2. The third kappa shape index (κ3) is 4.50. The van der Waals surface area contributed by atoms with E-state index in [4.69, 9.17) is 4.74 Å². The van der Waals surface area contributed by atoms with Crippen LogP contribution in [0.15, 0.2) is 59.6 Å². The highest BCUT2D eigenvalue weighted by Gasteiger charge is 2.39. The third-order valence-corrected chi connectivity index (χ3v) is 4.43. The van der Waals surface area contributed by atoms with E-state index in [-0.39, 0.29) is 11.6 Å². The molecule has 1 N–H and O–H groups in total. The highest BCUT2D eigenvalue weighted by Crippen LogP contribution is 2.40. The molecule has 0 aromatic heterocycles. The predicted molar refractivity (Wildman–Crippen MR) is 98.6 cm³/mol. The van der Waals surface area contributed by atoms with Crippen molar-refractivity contribution in [1.29, 1.82) is 0 Å². The number of hydrogen-bond donors (Lipinski definition) is 1. The summed E-state index contributed by atoms with van der Waals surface area (Å²) in [5.74, 6) is 1.32. The zero-order valence-electron chi connectivity index (χ0n) is 14.7. The Kier molecular flexibility index (Phi) is 5.53. The van der Waals surface area contributed by atoms with Gasteiger partial charge in [0.1, 0.15) is 6.61 Å². The van der Waals surface area contributed by atoms with Gasteiger partial charge in [-0.2, -0.15) is 0 Å². The summed E-state index contributed by atoms with van der Waals surface area (Å²) in [6.07, 6.45) is 1.11. The van der Waals surface area contributed by atoms with Crippen LogP contribution in [-0.2, 0) is 0 Å². The smallest absolute Gasteiger partial charge is 0.193 e. The number of likely N-dealkylation sites (N-methyl/N-ethyl adjacent to an activating group) is 1. The van der Waals surface area contributed by atoms with Gasteiger partial charge in [-0.25, -0.2) is 4.39 Å². The number of para-hydroxylation sites is 1. The van der Waals surface area contributed by atoms with E-state index in [1.165, 1.54) is 11.6 Å². The average molecular weight is 341 g/mol. The normalized spacial score (nSPS) is 19.4. The highest BCUT2D eigenvalue weighted by molar-refractivity contribution is 5.80. The Morgan fingerprint density at radius 3 is 2.64 bits per heavy atom. The Hall–Kier alpha value is -2.56. The van der Waals surface area contributed by atoms with Crippen molar-refractivity contribution in [2.75, 3.05) is 27.2 Å². The summed E-state index contributed by atoms with van der Waals surface area (Å²) in [5.41, 5.74) is 1.36. The Bertz CT molecular complexity index is 720. The zero-order chi connectivity index (χ0) is 17.6. The average Bonchev–Trinajstić information content (AvgIpc) is 3.41. The number of nitrogens with zero attached hydrogens (tertiary/aromatic N) is 2. The van der Waals surface area contributed by atoms with Crippen LogP contribution in [0.5, 0.6) is 5.75 Å². The molecule has 1 fully saturated rings. The van der Waals surface area contributed by atoms with Gasteiger partial charge in [-0.3, -0.25) is 4.99 Å². The molecular formula is C20H24FN3O. The van der Waals surface area contributed by atoms with Gasteiger partial charge in [0.15, 0.2) is 17.5 Å². The second-order valence-corrected chi connectivity index (χ2v) is 6.25. The van der Waals surface area contributed by atoms with Crippen LogP contribution in [0.4, 0.5) is 4.39 Å². The van der Waals surface area contributed by atoms with E-state index in [1.54, 1.807) is 25.2 Å². The molecule has 2 unspecified atom stereocenters. The number of guanidine groups is 1. The third-order valence-electron chi connectivity index (χ3n) is 4.43. The van der Waals surface area contributed by atoms with Gasteiger partial charge >= 0.3 is 0 Å². The SMILES string of the molecule is CN=C(NC1CC1c1ccccc1)N(C)CCOc1ccccc1F. The molecule has 2 atom stereocenters. The molecule has 0 amide bonds. The van der Waals surface area contributed by atoms with Crippen LogP contribution in [0.3, 0.4) is 0 Å². The lowest BCUT2D eigenvalue weighted by Gasteiger charge is -2.22. The van der Waals surface area contributed by atoms with E-state index in [0.29, 0.717) is 25.1 Å². The van der Waals surface area contributed by atoms with Gasteiger partial charge < -0.3 is 15.0 Å². The van der Waals surface area contributed by atoms with Gasteiger partial charge in [0.05, 0.1) is 6.54 Å². The minimum absolute atomic E-state index is 0.283. The molecular weight excluding hydrogens is 317 g/mol. The molecule has 0 aliphatic heterocycles. The fourth-order valence-electron chi connectivity index (χ4n) is 2.89. The molecule has 2 aromatic carbocycles. The molecule has 1 aliphatic rings. The van der Waals surface area contributed by atoms with Crippen molar-refractivity contribution in [2.24, 2.45) is 4.99 Å². The van der Waals surface area contributed by atoms with Crippen LogP contribution in [0.2, 0.25) is 0 Å². The summed E-state index contributed by atoms with van der Waals surface area (Å²) in [4.78, 5) is 6.34. The van der Waals surface area contributed by atoms with E-state index < -0.39 is 0 Å². The number of ether oxygens (including phenoxy) is 1. The number of halogens is 1. The molecule has 3 rings (SSSR count). The van der Waals surface area contributed by atoms with E-state index in [1.807, 2.05) is 18.0 Å². The minimum atomic E-state index is -0.337. The number of nitrogens with one attached hydrogen (secondary N) is 1. The maximum absolute atomic E-state index is 13.5. The Morgan fingerprint density at radius 1 is 1.20 bits per heavy atom. The first-order valence-corrected chi connectivity index (χ1v) is 8.55. The summed E-state index contributed by atoms with van der Waals surface area (Å²) in [5, 5.41) is 3.50. The molecule has 1 saturated carbocycles. The van der Waals surface area contributed by atoms with Crippen LogP contribution in [0, 0.1) is 5.82 Å². The Balaban J connectivity index is 1.46. The summed E-state index contributed by atoms with van der Waals surface area (Å²) in [6.45, 7) is 1.02. The lowest BCUT2D eigenvalue weighted by Crippen LogP contribution is -2.42. The highest BCUT2D eigenvalue weighted by atomic mass is 19.1. The van der Waals surface area contributed by atoms with Crippen LogP contribution in [0.1, 0.15) is 17.9 Å². The van der Waals surface area contributed by atoms with Crippen molar-refractivity contribution in [3.05, 3.63) is 66.0 Å². The number of rotatable bonds is 6. The first-order valence-electron chi connectivity index (χ1n) is 8.55. The van der Waals surface area contributed by atoms with E-state index >= 15 is 0 Å². The van der Waals surface area contributed by atoms with Gasteiger partial charge in [0.25, 0.3) is 0 Å². The van der Waals surface area contributed by atoms with Crippen molar-refractivity contribution < 1.29 is 9.13 Å². The topological polar surface area (TPSA) is 36.9 Å². The molecule has 5 heteroatoms. The van der Waals surface area contributed by atoms with Crippen molar-refractivity contribution in [2.45, 2.75) is 18.4 Å². The van der Waals surface area contributed by atoms with Crippen molar-refractivity contribution in [3.8, 4) is 5.75 Å². The van der Waals surface area contributed by atoms with E-state index in [2.05, 4.69) is 34.6 Å². The molecule has 0 radical (unpaired) electrons. The van der Waals surface area contributed by atoms with Gasteiger partial charge in [-0.15, -0.1) is 0 Å². The van der Waals surface area contributed by atoms with Gasteiger partial charge in [0, 0.05) is 26.1 Å². The molecule has 0 spiro atoms. The molecule has 0 bridgehead atoms. The van der Waals surface area contributed by atoms with Crippen molar-refractivity contribution in [1.82, 2.24) is 10.2 Å². The van der Waals surface area contributed by atoms with Gasteiger partial charge in [-0.05, 0) is 24.1 Å². The Labute approximate surface area is 148 Å². The first-order chi connectivity index (χ1) is 12.2. The van der Waals surface area contributed by atoms with Crippen molar-refractivity contribution in [3.63, 3.8) is 0 Å². The molecule has 0 heterocycles. The lowest BCUT2D eigenvalue weighted by atomic mass is 10.1. The molecule has 1 aliphatic carbocycles. The van der Waals surface area contributed by atoms with Crippen molar-refractivity contribution >= 4 is 5.96 Å². The maximum Gasteiger partial charge on any atom is 0.193 e. The number of benzene rings is 2. The van der Waals surface area contributed by atoms with E-state index in [9.17, 15) is 4.39 Å². The standard InChI is InChI=1S/C20H24FN3O/c1-22-20(23-18-14-16(18)15-8-4-3-5-9-15)24(2)12-13-25-19-11-7-6-10-17(19)21/h3-11,16,18H,12-14H2,1-2H3,(H,22,23). The lowest BCUT2D eigenvalue weighted by molar-refractivity contribution is 0.270. The first kappa shape index (κ1) is 17.3. The van der Waals surface area contributed by atoms with Crippen LogP contribution < -0.4 is 10.1 Å². The second-order valence-electron chi connectivity index (χ2n) is 6.25. The fraction of sp³-hybridized carbons (Fsp3) is 0.350. The quantitative estimate of drug-likeness (QED) is 0.647. The molecule has 2 aromatic rings. The van der Waals surface area contributed by atoms with Crippen LogP contribution in [-0.4, -0.2) is 44.1 Å². The zero-order valence-corrected chi connectivity index (χ0v) is 14.7. The molecule has 0 saturated heterocycles. The summed E-state index contributed by atoms with van der Waals surface area (Å²) < 4.78 is 19.1. The predicted octanol–water partition coefficient (Wildman–Crippen LogP) is 3.27. The maximum atomic E-state index is 13.5. The monoisotopic (exact) mass is 341 g/mol. The summed E-state index contributed by atoms with van der Waals surface area (Å²) in [6, 6.07) is 17.4. The minimum Gasteiger partial charge on any atom is -0.489 e. The molecule has 4 nitrogen and oxygen atoms in total. The second kappa shape index (κ2) is 8.01. The van der Waals surface area contributed by atoms with Crippen LogP contribution in [0.25, 0.3) is 0 Å². The largest absolute Gasteiger partial charge is 0.489 e. The fourth-order valence-corrected chi connectivity index (χ4v) is 2.89. The summed E-state index contributed by atoms with van der Waals surface area (Å²) >= 11 is 0. The molecule has 132 valence electrons. The molecule has 25 heavy (non-hydrogen) atoms. The van der Waals surface area contributed by atoms with E-state index in [0.717, 1.165) is 12.4 Å². The Morgan fingerprint density at radius 2 is 1.92 bits per heavy atom.